The van der Waals surface area contributed by atoms with Crippen LogP contribution in [0.15, 0.2) is 39.9 Å². The highest BCUT2D eigenvalue weighted by atomic mass is 127. The molecule has 0 aliphatic carbocycles. The number of nitrogens with two attached hydrogens (primary N) is 1. The molecule has 0 aliphatic heterocycles. The number of oxazole rings is 1. The number of hydrogen-bond acceptors (Lipinski definition) is 3. The molecule has 2 rings (SSSR count). The van der Waals surface area contributed by atoms with Crippen LogP contribution in [-0.2, 0) is 6.54 Å². The minimum absolute atomic E-state index is 0. The molecule has 24 heavy (non-hydrogen) atoms. The number of aromatic nitrogens is 1. The summed E-state index contributed by atoms with van der Waals surface area (Å²) >= 11 is 0. The Morgan fingerprint density at radius 2 is 1.96 bits per heavy atom. The summed E-state index contributed by atoms with van der Waals surface area (Å²) in [6.07, 6.45) is 6.47. The van der Waals surface area contributed by atoms with Gasteiger partial charge in [-0.1, -0.05) is 43.9 Å². The van der Waals surface area contributed by atoms with E-state index in [0.717, 1.165) is 24.2 Å². The fourth-order valence-electron chi connectivity index (χ4n) is 2.20. The SMILES string of the molecule is CCCCCCNC(N)=NCc1coc(-c2ccc(C)cc2)n1.I. The van der Waals surface area contributed by atoms with E-state index in [1.54, 1.807) is 6.26 Å². The maximum Gasteiger partial charge on any atom is 0.226 e. The van der Waals surface area contributed by atoms with Crippen LogP contribution in [0.2, 0.25) is 0 Å². The molecule has 6 heteroatoms. The van der Waals surface area contributed by atoms with E-state index in [0.29, 0.717) is 18.4 Å². The lowest BCUT2D eigenvalue weighted by atomic mass is 10.1. The molecule has 0 bridgehead atoms. The number of hydrogen-bond donors (Lipinski definition) is 2. The molecule has 2 aromatic rings. The summed E-state index contributed by atoms with van der Waals surface area (Å²) in [6, 6.07) is 8.08. The van der Waals surface area contributed by atoms with E-state index in [1.807, 2.05) is 24.3 Å². The van der Waals surface area contributed by atoms with E-state index in [9.17, 15) is 0 Å². The van der Waals surface area contributed by atoms with Gasteiger partial charge in [0, 0.05) is 12.1 Å². The first-order valence-electron chi connectivity index (χ1n) is 8.24. The lowest BCUT2D eigenvalue weighted by molar-refractivity contribution is 0.572. The Labute approximate surface area is 161 Å². The molecule has 0 saturated heterocycles. The quantitative estimate of drug-likeness (QED) is 0.277. The molecule has 3 N–H and O–H groups in total. The van der Waals surface area contributed by atoms with Gasteiger partial charge in [0.05, 0.1) is 6.54 Å². The number of unbranched alkanes of at least 4 members (excludes halogenated alkanes) is 3. The largest absolute Gasteiger partial charge is 0.444 e. The van der Waals surface area contributed by atoms with Crippen LogP contribution >= 0.6 is 24.0 Å². The molecule has 0 amide bonds. The van der Waals surface area contributed by atoms with Gasteiger partial charge < -0.3 is 15.5 Å². The Hall–Kier alpha value is -1.57. The fourth-order valence-corrected chi connectivity index (χ4v) is 2.20. The van der Waals surface area contributed by atoms with Crippen LogP contribution in [0.5, 0.6) is 0 Å². The third-order valence-corrected chi connectivity index (χ3v) is 3.60. The second-order valence-electron chi connectivity index (χ2n) is 5.70. The highest BCUT2D eigenvalue weighted by Gasteiger charge is 2.06. The summed E-state index contributed by atoms with van der Waals surface area (Å²) in [4.78, 5) is 8.74. The van der Waals surface area contributed by atoms with Crippen molar-refractivity contribution in [2.24, 2.45) is 10.7 Å². The normalized spacial score (nSPS) is 11.2. The number of aryl methyl sites for hydroxylation is 1. The van der Waals surface area contributed by atoms with Crippen molar-refractivity contribution in [2.45, 2.75) is 46.1 Å². The first-order valence-corrected chi connectivity index (χ1v) is 8.24. The molecule has 0 atom stereocenters. The smallest absolute Gasteiger partial charge is 0.226 e. The molecule has 0 fully saturated rings. The topological polar surface area (TPSA) is 76.4 Å². The van der Waals surface area contributed by atoms with Crippen LogP contribution in [-0.4, -0.2) is 17.5 Å². The van der Waals surface area contributed by atoms with Gasteiger partial charge in [0.25, 0.3) is 0 Å². The predicted octanol–water partition coefficient (Wildman–Crippen LogP) is 4.25. The van der Waals surface area contributed by atoms with Crippen molar-refractivity contribution in [3.8, 4) is 11.5 Å². The number of nitrogens with one attached hydrogen (secondary N) is 1. The van der Waals surface area contributed by atoms with Gasteiger partial charge in [-0.2, -0.15) is 0 Å². The number of halogens is 1. The number of benzene rings is 1. The minimum atomic E-state index is 0. The van der Waals surface area contributed by atoms with Crippen molar-refractivity contribution in [1.29, 1.82) is 0 Å². The number of nitrogens with zero attached hydrogens (tertiary/aromatic N) is 2. The molecular weight excluding hydrogens is 415 g/mol. The summed E-state index contributed by atoms with van der Waals surface area (Å²) in [7, 11) is 0. The molecule has 0 radical (unpaired) electrons. The molecule has 0 spiro atoms. The molecule has 1 aromatic heterocycles. The predicted molar refractivity (Wildman–Crippen MR) is 110 cm³/mol. The Bertz CT molecular complexity index is 622. The van der Waals surface area contributed by atoms with Gasteiger partial charge in [0.2, 0.25) is 5.89 Å². The minimum Gasteiger partial charge on any atom is -0.444 e. The summed E-state index contributed by atoms with van der Waals surface area (Å²) in [6.45, 7) is 5.54. The number of aliphatic imine (C=N–C) groups is 1. The molecule has 0 aliphatic rings. The molecule has 132 valence electrons. The van der Waals surface area contributed by atoms with Crippen molar-refractivity contribution in [2.75, 3.05) is 6.54 Å². The standard InChI is InChI=1S/C18H26N4O.HI/c1-3-4-5-6-11-20-18(19)21-12-16-13-23-17(22-16)15-9-7-14(2)8-10-15;/h7-10,13H,3-6,11-12H2,1-2H3,(H3,19,20,21);1H. The van der Waals surface area contributed by atoms with Crippen molar-refractivity contribution >= 4 is 29.9 Å². The first-order chi connectivity index (χ1) is 11.2. The third-order valence-electron chi connectivity index (χ3n) is 3.60. The van der Waals surface area contributed by atoms with Crippen LogP contribution in [0.4, 0.5) is 0 Å². The maximum absolute atomic E-state index is 5.85. The zero-order valence-corrected chi connectivity index (χ0v) is 16.7. The summed E-state index contributed by atoms with van der Waals surface area (Å²) in [5, 5.41) is 3.13. The highest BCUT2D eigenvalue weighted by molar-refractivity contribution is 14.0. The second-order valence-corrected chi connectivity index (χ2v) is 5.70. The van der Waals surface area contributed by atoms with Crippen LogP contribution in [0.3, 0.4) is 0 Å². The van der Waals surface area contributed by atoms with Gasteiger partial charge in [-0.3, -0.25) is 0 Å². The molecule has 1 heterocycles. The molecular formula is C18H27IN4O. The van der Waals surface area contributed by atoms with E-state index < -0.39 is 0 Å². The van der Waals surface area contributed by atoms with E-state index in [4.69, 9.17) is 10.2 Å². The maximum atomic E-state index is 5.85. The average molecular weight is 442 g/mol. The molecule has 0 saturated carbocycles. The molecule has 0 unspecified atom stereocenters. The van der Waals surface area contributed by atoms with E-state index in [2.05, 4.69) is 29.1 Å². The highest BCUT2D eigenvalue weighted by Crippen LogP contribution is 2.19. The molecule has 5 nitrogen and oxygen atoms in total. The Kier molecular flexibility index (Phi) is 9.44. The van der Waals surface area contributed by atoms with Crippen molar-refractivity contribution in [1.82, 2.24) is 10.3 Å². The van der Waals surface area contributed by atoms with Crippen LogP contribution < -0.4 is 11.1 Å². The Morgan fingerprint density at radius 3 is 2.67 bits per heavy atom. The van der Waals surface area contributed by atoms with Gasteiger partial charge in [-0.25, -0.2) is 9.98 Å². The van der Waals surface area contributed by atoms with Crippen molar-refractivity contribution < 1.29 is 4.42 Å². The van der Waals surface area contributed by atoms with Gasteiger partial charge in [0.1, 0.15) is 12.0 Å². The van der Waals surface area contributed by atoms with Crippen LogP contribution in [0, 0.1) is 6.92 Å². The van der Waals surface area contributed by atoms with E-state index >= 15 is 0 Å². The Balaban J connectivity index is 0.00000288. The van der Waals surface area contributed by atoms with E-state index in [1.165, 1.54) is 24.8 Å². The zero-order valence-electron chi connectivity index (χ0n) is 14.4. The third kappa shape index (κ3) is 6.90. The van der Waals surface area contributed by atoms with Crippen LogP contribution in [0.25, 0.3) is 11.5 Å². The second kappa shape index (κ2) is 11.1. The van der Waals surface area contributed by atoms with Gasteiger partial charge in [-0.15, -0.1) is 24.0 Å². The number of guanidine groups is 1. The summed E-state index contributed by atoms with van der Waals surface area (Å²) in [5.74, 6) is 1.07. The zero-order chi connectivity index (χ0) is 16.5. The summed E-state index contributed by atoms with van der Waals surface area (Å²) < 4.78 is 5.51. The number of rotatable bonds is 8. The summed E-state index contributed by atoms with van der Waals surface area (Å²) in [5.41, 5.74) is 8.80. The fraction of sp³-hybridized carbons (Fsp3) is 0.444. The monoisotopic (exact) mass is 442 g/mol. The first kappa shape index (κ1) is 20.5. The van der Waals surface area contributed by atoms with Crippen molar-refractivity contribution in [3.05, 3.63) is 41.8 Å². The Morgan fingerprint density at radius 1 is 1.21 bits per heavy atom. The van der Waals surface area contributed by atoms with Gasteiger partial charge in [0.15, 0.2) is 5.96 Å². The van der Waals surface area contributed by atoms with Gasteiger partial charge >= 0.3 is 0 Å². The van der Waals surface area contributed by atoms with Crippen LogP contribution in [0.1, 0.15) is 43.9 Å². The van der Waals surface area contributed by atoms with E-state index in [-0.39, 0.29) is 24.0 Å². The average Bonchev–Trinajstić information content (AvgIpc) is 3.02. The van der Waals surface area contributed by atoms with Crippen molar-refractivity contribution in [3.63, 3.8) is 0 Å². The van der Waals surface area contributed by atoms with Gasteiger partial charge in [-0.05, 0) is 25.5 Å². The molecule has 1 aromatic carbocycles. The lowest BCUT2D eigenvalue weighted by Gasteiger charge is -2.04. The lowest BCUT2D eigenvalue weighted by Crippen LogP contribution is -2.32.